The van der Waals surface area contributed by atoms with Crippen molar-refractivity contribution in [2.45, 2.75) is 155 Å². The summed E-state index contributed by atoms with van der Waals surface area (Å²) in [7, 11) is 0. The molecule has 3 unspecified atom stereocenters. The van der Waals surface area contributed by atoms with Crippen LogP contribution in [0.3, 0.4) is 0 Å². The molecular formula is C51H68N8O6. The number of hydrogen-bond acceptors (Lipinski definition) is 8. The number of nitrogens with one attached hydrogen (secondary N) is 4. The summed E-state index contributed by atoms with van der Waals surface area (Å²) in [5.41, 5.74) is 7.93. The van der Waals surface area contributed by atoms with Crippen molar-refractivity contribution in [2.24, 2.45) is 17.8 Å². The molecule has 0 radical (unpaired) electrons. The fourth-order valence-corrected chi connectivity index (χ4v) is 10.3. The second-order valence-electron chi connectivity index (χ2n) is 21.3. The number of imidazole rings is 2. The monoisotopic (exact) mass is 889 g/mol. The Morgan fingerprint density at radius 1 is 0.646 bits per heavy atom. The Kier molecular flexibility index (Phi) is 12.7. The highest BCUT2D eigenvalue weighted by molar-refractivity contribution is 5.87. The first-order valence-corrected chi connectivity index (χ1v) is 23.7. The molecule has 2 saturated heterocycles. The summed E-state index contributed by atoms with van der Waals surface area (Å²) in [6.07, 6.45) is 9.29. The summed E-state index contributed by atoms with van der Waals surface area (Å²) in [6, 6.07) is 11.3. The molecule has 4 N–H and O–H groups in total. The lowest BCUT2D eigenvalue weighted by atomic mass is 9.73. The average molecular weight is 889 g/mol. The van der Waals surface area contributed by atoms with Crippen molar-refractivity contribution in [1.82, 2.24) is 40.4 Å². The zero-order valence-corrected chi connectivity index (χ0v) is 39.8. The normalized spacial score (nSPS) is 21.5. The lowest BCUT2D eigenvalue weighted by Gasteiger charge is -2.31. The molecule has 4 aromatic rings. The van der Waals surface area contributed by atoms with Gasteiger partial charge in [0, 0.05) is 18.7 Å². The van der Waals surface area contributed by atoms with Crippen LogP contribution in [-0.4, -0.2) is 90.1 Å². The van der Waals surface area contributed by atoms with Gasteiger partial charge in [-0.05, 0) is 138 Å². The van der Waals surface area contributed by atoms with E-state index in [-0.39, 0.29) is 35.7 Å². The van der Waals surface area contributed by atoms with E-state index in [9.17, 15) is 19.2 Å². The maximum atomic E-state index is 14.0. The van der Waals surface area contributed by atoms with E-state index < -0.39 is 35.5 Å². The number of aromatic amines is 2. The van der Waals surface area contributed by atoms with Crippen LogP contribution in [0.1, 0.15) is 149 Å². The van der Waals surface area contributed by atoms with Gasteiger partial charge in [-0.25, -0.2) is 19.6 Å². The van der Waals surface area contributed by atoms with Crippen molar-refractivity contribution in [3.63, 3.8) is 0 Å². The minimum Gasteiger partial charge on any atom is -0.444 e. The second kappa shape index (κ2) is 18.0. The first kappa shape index (κ1) is 45.9. The highest BCUT2D eigenvalue weighted by Crippen LogP contribution is 2.56. The molecule has 65 heavy (non-hydrogen) atoms. The van der Waals surface area contributed by atoms with Gasteiger partial charge in [-0.15, -0.1) is 0 Å². The van der Waals surface area contributed by atoms with Crippen LogP contribution in [0.4, 0.5) is 9.59 Å². The number of ether oxygens (including phenoxy) is 2. The summed E-state index contributed by atoms with van der Waals surface area (Å²) in [5.74, 6) is 2.17. The number of benzene rings is 2. The molecular weight excluding hydrogens is 821 g/mol. The number of hydrogen-bond donors (Lipinski definition) is 4. The first-order valence-electron chi connectivity index (χ1n) is 23.7. The molecule has 8 rings (SSSR count). The molecule has 0 spiro atoms. The molecule has 14 heteroatoms. The minimum atomic E-state index is -0.713. The van der Waals surface area contributed by atoms with Gasteiger partial charge in [-0.1, -0.05) is 64.1 Å². The van der Waals surface area contributed by atoms with Gasteiger partial charge < -0.3 is 39.9 Å². The number of nitrogens with zero attached hydrogens (tertiary/aromatic N) is 4. The quantitative estimate of drug-likeness (QED) is 0.115. The molecule has 4 amide bonds. The topological polar surface area (TPSA) is 175 Å². The summed E-state index contributed by atoms with van der Waals surface area (Å²) in [6.45, 7) is 19.8. The molecule has 2 aromatic carbocycles. The number of carbonyl (C=O) groups excluding carboxylic acids is 4. The van der Waals surface area contributed by atoms with Gasteiger partial charge in [-0.2, -0.15) is 0 Å². The van der Waals surface area contributed by atoms with Crippen LogP contribution in [0.5, 0.6) is 0 Å². The predicted octanol–water partition coefficient (Wildman–Crippen LogP) is 9.61. The van der Waals surface area contributed by atoms with Gasteiger partial charge in [-0.3, -0.25) is 9.59 Å². The summed E-state index contributed by atoms with van der Waals surface area (Å²) in [5, 5.41) is 5.67. The van der Waals surface area contributed by atoms with E-state index in [2.05, 4.69) is 57.0 Å². The fourth-order valence-electron chi connectivity index (χ4n) is 10.3. The van der Waals surface area contributed by atoms with E-state index in [1.165, 1.54) is 40.7 Å². The van der Waals surface area contributed by atoms with Crippen molar-refractivity contribution in [3.05, 3.63) is 71.6 Å². The van der Waals surface area contributed by atoms with E-state index >= 15 is 0 Å². The third-order valence-corrected chi connectivity index (χ3v) is 13.5. The molecule has 6 atom stereocenters. The Labute approximate surface area is 383 Å². The van der Waals surface area contributed by atoms with Crippen LogP contribution in [-0.2, 0) is 25.5 Å². The van der Waals surface area contributed by atoms with Gasteiger partial charge in [0.15, 0.2) is 0 Å². The standard InChI is InChI=1S/C51H68N8O6/c1-28(2)42(56-48(62)64-50(5,6)7)46(60)58-23-11-13-39(58)44-52-26-37(54-44)31-17-15-30(16-18-31)33-21-22-35(36-25-32-19-20-34(32)41(33)36)38-27-53-45(55-38)40-14-12-24-59(40)47(61)43(29(3)4)57-49(63)65-51(8,9)10/h15-18,21-22,26-29,32,34,39-40,42-43H,11-14,19-20,23-25H2,1-10H3,(H,52,54)(H,53,55)(H,56,62)(H,57,63)/t32?,34?,39-,40-,42-,43?/m0/s1. The molecule has 0 bridgehead atoms. The van der Waals surface area contributed by atoms with Gasteiger partial charge in [0.2, 0.25) is 11.8 Å². The lowest BCUT2D eigenvalue weighted by molar-refractivity contribution is -0.136. The van der Waals surface area contributed by atoms with Crippen LogP contribution in [0.2, 0.25) is 0 Å². The van der Waals surface area contributed by atoms with Crippen molar-refractivity contribution in [2.75, 3.05) is 13.1 Å². The summed E-state index contributed by atoms with van der Waals surface area (Å²) in [4.78, 5) is 73.9. The number of likely N-dealkylation sites (tertiary alicyclic amines) is 2. The molecule has 2 aliphatic heterocycles. The van der Waals surface area contributed by atoms with Gasteiger partial charge >= 0.3 is 12.2 Å². The van der Waals surface area contributed by atoms with Crippen LogP contribution in [0.15, 0.2) is 48.8 Å². The lowest BCUT2D eigenvalue weighted by Crippen LogP contribution is -2.52. The smallest absolute Gasteiger partial charge is 0.408 e. The maximum Gasteiger partial charge on any atom is 0.408 e. The van der Waals surface area contributed by atoms with Gasteiger partial charge in [0.1, 0.15) is 34.9 Å². The zero-order valence-electron chi connectivity index (χ0n) is 39.8. The first-order chi connectivity index (χ1) is 30.8. The van der Waals surface area contributed by atoms with Crippen LogP contribution in [0, 0.1) is 17.8 Å². The highest BCUT2D eigenvalue weighted by Gasteiger charge is 2.43. The van der Waals surface area contributed by atoms with Crippen molar-refractivity contribution in [1.29, 1.82) is 0 Å². The number of H-pyrrole nitrogens is 2. The number of alkyl carbamates (subject to hydrolysis) is 2. The third-order valence-electron chi connectivity index (χ3n) is 13.5. The average Bonchev–Trinajstić information content (AvgIpc) is 4.07. The van der Waals surface area contributed by atoms with Crippen molar-refractivity contribution in [3.8, 4) is 33.6 Å². The summed E-state index contributed by atoms with van der Waals surface area (Å²) >= 11 is 0. The van der Waals surface area contributed by atoms with E-state index in [1.54, 1.807) is 20.8 Å². The molecule has 1 saturated carbocycles. The Morgan fingerprint density at radius 2 is 1.12 bits per heavy atom. The Balaban J connectivity index is 0.984. The van der Waals surface area contributed by atoms with Gasteiger partial charge in [0.05, 0.1) is 35.9 Å². The van der Waals surface area contributed by atoms with E-state index in [0.29, 0.717) is 24.9 Å². The van der Waals surface area contributed by atoms with Crippen LogP contribution in [0.25, 0.3) is 33.6 Å². The molecule has 14 nitrogen and oxygen atoms in total. The minimum absolute atomic E-state index is 0.120. The maximum absolute atomic E-state index is 14.0. The van der Waals surface area contributed by atoms with Crippen LogP contribution >= 0.6 is 0 Å². The molecule has 2 aliphatic carbocycles. The Bertz CT molecular complexity index is 2400. The van der Waals surface area contributed by atoms with E-state index in [0.717, 1.165) is 60.7 Å². The Hall–Kier alpha value is -5.66. The Morgan fingerprint density at radius 3 is 1.60 bits per heavy atom. The van der Waals surface area contributed by atoms with Crippen molar-refractivity contribution < 1.29 is 28.7 Å². The van der Waals surface area contributed by atoms with E-state index in [4.69, 9.17) is 19.4 Å². The number of amides is 4. The number of aromatic nitrogens is 4. The number of fused-ring (bicyclic) bond motifs is 3. The SMILES string of the molecule is CC(C)C(NC(=O)OC(C)(C)C)C(=O)N1CCC[C@H]1c1ncc(-c2ccc(-c3ccc(-c4cnc([C@@H]5CCCN5C(=O)[C@@H](NC(=O)OC(C)(C)C)C(C)C)[nH]4)cc3)c3c2CC2CCC32)[nH]1. The van der Waals surface area contributed by atoms with E-state index in [1.807, 2.05) is 70.7 Å². The molecule has 4 aliphatic rings. The van der Waals surface area contributed by atoms with Gasteiger partial charge in [0.25, 0.3) is 0 Å². The third kappa shape index (κ3) is 9.68. The number of carbonyl (C=O) groups is 4. The molecule has 2 aromatic heterocycles. The molecule has 4 heterocycles. The fraction of sp³-hybridized carbons (Fsp3) is 0.569. The predicted molar refractivity (Wildman–Crippen MR) is 250 cm³/mol. The molecule has 3 fully saturated rings. The largest absolute Gasteiger partial charge is 0.444 e. The van der Waals surface area contributed by atoms with Crippen molar-refractivity contribution >= 4 is 24.0 Å². The zero-order chi connectivity index (χ0) is 46.5. The molecule has 348 valence electrons. The second-order valence-corrected chi connectivity index (χ2v) is 21.3. The number of rotatable bonds is 11. The highest BCUT2D eigenvalue weighted by atomic mass is 16.6. The van der Waals surface area contributed by atoms with Crippen LogP contribution < -0.4 is 10.6 Å². The summed E-state index contributed by atoms with van der Waals surface area (Å²) < 4.78 is 11.0.